The Hall–Kier alpha value is -3.09. The number of rotatable bonds is 7. The molecule has 2 aromatic rings. The Kier molecular flexibility index (Phi) is 7.61. The van der Waals surface area contributed by atoms with E-state index in [0.29, 0.717) is 5.75 Å². The van der Waals surface area contributed by atoms with Crippen LogP contribution < -0.4 is 14.2 Å². The number of carbonyl (C=O) groups excluding carboxylic acids is 1. The lowest BCUT2D eigenvalue weighted by atomic mass is 9.97. The van der Waals surface area contributed by atoms with Gasteiger partial charge in [-0.05, 0) is 18.2 Å². The summed E-state index contributed by atoms with van der Waals surface area (Å²) in [4.78, 5) is 12.3. The minimum Gasteiger partial charge on any atom is -0.507 e. The largest absolute Gasteiger partial charge is 0.507 e. The van der Waals surface area contributed by atoms with Gasteiger partial charge in [-0.3, -0.25) is 0 Å². The summed E-state index contributed by atoms with van der Waals surface area (Å²) in [5.41, 5.74) is 0.572. The van der Waals surface area contributed by atoms with E-state index in [4.69, 9.17) is 23.7 Å². The summed E-state index contributed by atoms with van der Waals surface area (Å²) in [6.45, 7) is -0.621. The van der Waals surface area contributed by atoms with E-state index in [1.165, 1.54) is 45.6 Å². The molecule has 1 aliphatic rings. The number of hydrogen-bond donors (Lipinski definition) is 5. The molecule has 5 atom stereocenters. The topological polar surface area (TPSA) is 164 Å². The molecule has 1 heterocycles. The zero-order chi connectivity index (χ0) is 24.3. The third-order valence-electron chi connectivity index (χ3n) is 5.28. The van der Waals surface area contributed by atoms with Crippen molar-refractivity contribution in [2.45, 2.75) is 30.7 Å². The van der Waals surface area contributed by atoms with Crippen LogP contribution in [0, 0.1) is 0 Å². The summed E-state index contributed by atoms with van der Waals surface area (Å²) in [5, 5.41) is 50.2. The molecule has 5 N–H and O–H groups in total. The molecule has 0 aromatic heterocycles. The molecular formula is C22H26O11. The monoisotopic (exact) mass is 466 g/mol. The zero-order valence-electron chi connectivity index (χ0n) is 18.2. The van der Waals surface area contributed by atoms with Gasteiger partial charge in [0, 0.05) is 17.7 Å². The van der Waals surface area contributed by atoms with Crippen molar-refractivity contribution in [3.05, 3.63) is 35.9 Å². The smallest absolute Gasteiger partial charge is 0.338 e. The van der Waals surface area contributed by atoms with Gasteiger partial charge in [-0.15, -0.1) is 0 Å². The first-order valence-corrected chi connectivity index (χ1v) is 9.90. The summed E-state index contributed by atoms with van der Waals surface area (Å²) in [6, 6.07) is 7.14. The molecule has 2 aromatic carbocycles. The number of hydrogen-bond acceptors (Lipinski definition) is 11. The molecule has 3 rings (SSSR count). The number of methoxy groups -OCH3 is 3. The van der Waals surface area contributed by atoms with Crippen LogP contribution in [0.15, 0.2) is 30.3 Å². The molecule has 11 nitrogen and oxygen atoms in total. The summed E-state index contributed by atoms with van der Waals surface area (Å²) in [5.74, 6) is -0.475. The molecule has 0 amide bonds. The Morgan fingerprint density at radius 2 is 1.70 bits per heavy atom. The second-order valence-electron chi connectivity index (χ2n) is 7.24. The molecule has 0 bridgehead atoms. The maximum absolute atomic E-state index is 12.3. The van der Waals surface area contributed by atoms with Gasteiger partial charge in [0.1, 0.15) is 47.4 Å². The second-order valence-corrected chi connectivity index (χ2v) is 7.24. The molecule has 0 saturated carbocycles. The van der Waals surface area contributed by atoms with E-state index in [2.05, 4.69) is 0 Å². The van der Waals surface area contributed by atoms with Gasteiger partial charge in [0.2, 0.25) is 6.29 Å². The average Bonchev–Trinajstić information content (AvgIpc) is 2.83. The average molecular weight is 466 g/mol. The summed E-state index contributed by atoms with van der Waals surface area (Å²) >= 11 is 0. The third kappa shape index (κ3) is 4.82. The molecule has 33 heavy (non-hydrogen) atoms. The van der Waals surface area contributed by atoms with Crippen molar-refractivity contribution in [2.24, 2.45) is 0 Å². The van der Waals surface area contributed by atoms with Crippen LogP contribution in [0.25, 0.3) is 11.1 Å². The van der Waals surface area contributed by atoms with Gasteiger partial charge in [-0.1, -0.05) is 0 Å². The Bertz CT molecular complexity index is 991. The highest BCUT2D eigenvalue weighted by Gasteiger charge is 2.44. The Labute approximate surface area is 189 Å². The number of ether oxygens (including phenoxy) is 5. The highest BCUT2D eigenvalue weighted by Crippen LogP contribution is 2.44. The van der Waals surface area contributed by atoms with Crippen LogP contribution in [0.5, 0.6) is 23.0 Å². The number of benzene rings is 2. The Morgan fingerprint density at radius 1 is 0.970 bits per heavy atom. The highest BCUT2D eigenvalue weighted by molar-refractivity contribution is 5.99. The van der Waals surface area contributed by atoms with Crippen LogP contribution in [0.2, 0.25) is 0 Å². The van der Waals surface area contributed by atoms with Crippen molar-refractivity contribution in [2.75, 3.05) is 27.9 Å². The van der Waals surface area contributed by atoms with Crippen molar-refractivity contribution in [3.8, 4) is 34.1 Å². The van der Waals surface area contributed by atoms with Crippen LogP contribution >= 0.6 is 0 Å². The SMILES string of the molecule is COC(=O)c1ccc(OC)cc1-c1c(O)cc(OC2OC(CO)C(O)C(O)C2O)cc1OC. The van der Waals surface area contributed by atoms with E-state index in [9.17, 15) is 30.3 Å². The quantitative estimate of drug-likeness (QED) is 0.350. The molecular weight excluding hydrogens is 440 g/mol. The molecule has 1 saturated heterocycles. The second kappa shape index (κ2) is 10.2. The molecule has 1 fully saturated rings. The van der Waals surface area contributed by atoms with E-state index in [-0.39, 0.29) is 33.9 Å². The normalized spacial score (nSPS) is 24.8. The van der Waals surface area contributed by atoms with Gasteiger partial charge in [0.05, 0.1) is 39.1 Å². The molecule has 0 aliphatic carbocycles. The first-order valence-electron chi connectivity index (χ1n) is 9.90. The molecule has 11 heteroatoms. The fourth-order valence-electron chi connectivity index (χ4n) is 3.52. The first-order chi connectivity index (χ1) is 15.7. The van der Waals surface area contributed by atoms with Crippen molar-refractivity contribution >= 4 is 5.97 Å². The van der Waals surface area contributed by atoms with E-state index in [1.807, 2.05) is 0 Å². The van der Waals surface area contributed by atoms with Crippen LogP contribution in [0.1, 0.15) is 10.4 Å². The number of phenols is 1. The third-order valence-corrected chi connectivity index (χ3v) is 5.28. The first kappa shape index (κ1) is 24.6. The van der Waals surface area contributed by atoms with Gasteiger partial charge < -0.3 is 49.2 Å². The van der Waals surface area contributed by atoms with E-state index >= 15 is 0 Å². The molecule has 180 valence electrons. The van der Waals surface area contributed by atoms with E-state index in [1.54, 1.807) is 6.07 Å². The molecule has 1 aliphatic heterocycles. The summed E-state index contributed by atoms with van der Waals surface area (Å²) in [6.07, 6.45) is -7.43. The van der Waals surface area contributed by atoms with Crippen LogP contribution in [-0.4, -0.2) is 90.1 Å². The lowest BCUT2D eigenvalue weighted by Gasteiger charge is -2.39. The van der Waals surface area contributed by atoms with E-state index in [0.717, 1.165) is 0 Å². The number of aromatic hydroxyl groups is 1. The van der Waals surface area contributed by atoms with E-state index < -0.39 is 43.3 Å². The number of aliphatic hydroxyl groups is 4. The molecule has 0 radical (unpaired) electrons. The van der Waals surface area contributed by atoms with Gasteiger partial charge in [-0.25, -0.2) is 4.79 Å². The maximum atomic E-state index is 12.3. The maximum Gasteiger partial charge on any atom is 0.338 e. The Morgan fingerprint density at radius 3 is 2.30 bits per heavy atom. The minimum absolute atomic E-state index is 0.0139. The number of carbonyl (C=O) groups is 1. The summed E-state index contributed by atoms with van der Waals surface area (Å²) < 4.78 is 26.3. The predicted octanol–water partition coefficient (Wildman–Crippen LogP) is 0.0417. The lowest BCUT2D eigenvalue weighted by molar-refractivity contribution is -0.277. The van der Waals surface area contributed by atoms with Crippen LogP contribution in [0.4, 0.5) is 0 Å². The fraction of sp³-hybridized carbons (Fsp3) is 0.409. The molecule has 0 spiro atoms. The minimum atomic E-state index is -1.64. The van der Waals surface area contributed by atoms with Gasteiger partial charge in [0.15, 0.2) is 0 Å². The van der Waals surface area contributed by atoms with Crippen LogP contribution in [-0.2, 0) is 9.47 Å². The fourth-order valence-corrected chi connectivity index (χ4v) is 3.52. The lowest BCUT2D eigenvalue weighted by Crippen LogP contribution is -2.60. The van der Waals surface area contributed by atoms with Crippen molar-refractivity contribution < 1.29 is 54.0 Å². The number of phenolic OH excluding ortho intramolecular Hbond substituents is 1. The van der Waals surface area contributed by atoms with Gasteiger partial charge in [0.25, 0.3) is 0 Å². The van der Waals surface area contributed by atoms with Gasteiger partial charge >= 0.3 is 5.97 Å². The standard InChI is InChI=1S/C22H26O11/c1-29-10-4-5-12(21(28)31-3)13(6-10)17-14(24)7-11(8-15(17)30-2)32-22-20(27)19(26)18(25)16(9-23)33-22/h4-8,16,18-20,22-27H,9H2,1-3H3. The number of esters is 1. The summed E-state index contributed by atoms with van der Waals surface area (Å²) in [7, 11) is 4.02. The van der Waals surface area contributed by atoms with Crippen LogP contribution in [0.3, 0.4) is 0 Å². The Balaban J connectivity index is 2.02. The zero-order valence-corrected chi connectivity index (χ0v) is 18.2. The van der Waals surface area contributed by atoms with Crippen molar-refractivity contribution in [1.29, 1.82) is 0 Å². The van der Waals surface area contributed by atoms with Gasteiger partial charge in [-0.2, -0.15) is 0 Å². The number of aliphatic hydroxyl groups excluding tert-OH is 4. The van der Waals surface area contributed by atoms with Crippen molar-refractivity contribution in [3.63, 3.8) is 0 Å². The molecule has 5 unspecified atom stereocenters. The predicted molar refractivity (Wildman–Crippen MR) is 112 cm³/mol. The van der Waals surface area contributed by atoms with Crippen molar-refractivity contribution in [1.82, 2.24) is 0 Å². The highest BCUT2D eigenvalue weighted by atomic mass is 16.7.